The molecular weight excluding hydrogens is 200 g/mol. The van der Waals surface area contributed by atoms with Gasteiger partial charge in [-0.1, -0.05) is 39.0 Å². The smallest absolute Gasteiger partial charge is 0.302 e. The van der Waals surface area contributed by atoms with Crippen molar-refractivity contribution in [2.45, 2.75) is 47.0 Å². The highest BCUT2D eigenvalue weighted by atomic mass is 16.5. The van der Waals surface area contributed by atoms with Crippen LogP contribution in [0.25, 0.3) is 0 Å². The fourth-order valence-corrected chi connectivity index (χ4v) is 0.851. The van der Waals surface area contributed by atoms with Crippen LogP contribution in [0, 0.1) is 5.92 Å². The van der Waals surface area contributed by atoms with Crippen LogP contribution in [0.15, 0.2) is 24.8 Å². The lowest BCUT2D eigenvalue weighted by molar-refractivity contribution is -0.139. The summed E-state index contributed by atoms with van der Waals surface area (Å²) in [6.45, 7) is 11.9. The van der Waals surface area contributed by atoms with E-state index in [4.69, 9.17) is 0 Å². The molecule has 2 nitrogen and oxygen atoms in total. The number of carbonyl (C=O) groups excluding carboxylic acids is 1. The monoisotopic (exact) mass is 226 g/mol. The van der Waals surface area contributed by atoms with Crippen LogP contribution in [0.3, 0.4) is 0 Å². The minimum absolute atomic E-state index is 0.226. The molecule has 0 rings (SSSR count). The zero-order valence-corrected chi connectivity index (χ0v) is 11.2. The molecule has 94 valence electrons. The minimum atomic E-state index is -0.226. The van der Waals surface area contributed by atoms with Gasteiger partial charge in [0.15, 0.2) is 0 Å². The predicted octanol–water partition coefficient (Wildman–Crippen LogP) is 4.12. The Morgan fingerprint density at radius 1 is 1.38 bits per heavy atom. The standard InChI is InChI=1S/C7H12O2.C7H14/c1-3-4-5-6-9-7(2)8;1-4-5-6-7(2)3/h4-5H,3,6H2,1-2H3;4,7H,1,5-6H2,2-3H3/b5-4-;. The average molecular weight is 226 g/mol. The molecule has 0 spiro atoms. The lowest BCUT2D eigenvalue weighted by Crippen LogP contribution is -1.96. The molecule has 0 amide bonds. The van der Waals surface area contributed by atoms with Crippen LogP contribution in [-0.2, 0) is 9.53 Å². The number of ether oxygens (including phenoxy) is 1. The molecule has 0 fully saturated rings. The van der Waals surface area contributed by atoms with Crippen molar-refractivity contribution in [1.82, 2.24) is 0 Å². The largest absolute Gasteiger partial charge is 0.462 e. The van der Waals surface area contributed by atoms with Gasteiger partial charge in [0.05, 0.1) is 0 Å². The average Bonchev–Trinajstić information content (AvgIpc) is 2.22. The van der Waals surface area contributed by atoms with Gasteiger partial charge in [-0.2, -0.15) is 0 Å². The van der Waals surface area contributed by atoms with Gasteiger partial charge in [-0.15, -0.1) is 6.58 Å². The van der Waals surface area contributed by atoms with E-state index in [0.29, 0.717) is 6.61 Å². The Morgan fingerprint density at radius 3 is 2.31 bits per heavy atom. The van der Waals surface area contributed by atoms with Crippen molar-refractivity contribution in [3.63, 3.8) is 0 Å². The van der Waals surface area contributed by atoms with Gasteiger partial charge >= 0.3 is 5.97 Å². The molecule has 0 saturated heterocycles. The van der Waals surface area contributed by atoms with Crippen molar-refractivity contribution in [3.05, 3.63) is 24.8 Å². The number of carbonyl (C=O) groups is 1. The van der Waals surface area contributed by atoms with Gasteiger partial charge in [-0.25, -0.2) is 0 Å². The molecular formula is C14H26O2. The Morgan fingerprint density at radius 2 is 2.00 bits per heavy atom. The first kappa shape index (κ1) is 17.3. The first-order chi connectivity index (χ1) is 7.54. The van der Waals surface area contributed by atoms with E-state index in [-0.39, 0.29) is 5.97 Å². The number of hydrogen-bond donors (Lipinski definition) is 0. The number of rotatable bonds is 6. The lowest BCUT2D eigenvalue weighted by Gasteiger charge is -1.96. The summed E-state index contributed by atoms with van der Waals surface area (Å²) in [5.41, 5.74) is 0. The summed E-state index contributed by atoms with van der Waals surface area (Å²) in [6.07, 6.45) is 9.20. The first-order valence-electron chi connectivity index (χ1n) is 5.93. The molecule has 0 aromatic heterocycles. The Hall–Kier alpha value is -1.05. The Bertz CT molecular complexity index is 193. The Kier molecular flexibility index (Phi) is 15.1. The summed E-state index contributed by atoms with van der Waals surface area (Å²) in [7, 11) is 0. The maximum atomic E-state index is 10.2. The van der Waals surface area contributed by atoms with Crippen LogP contribution in [0.4, 0.5) is 0 Å². The molecule has 0 atom stereocenters. The third-order valence-corrected chi connectivity index (χ3v) is 1.73. The predicted molar refractivity (Wildman–Crippen MR) is 70.3 cm³/mol. The number of esters is 1. The van der Waals surface area contributed by atoms with E-state index >= 15 is 0 Å². The van der Waals surface area contributed by atoms with E-state index in [2.05, 4.69) is 25.2 Å². The molecule has 0 unspecified atom stereocenters. The quantitative estimate of drug-likeness (QED) is 0.503. The summed E-state index contributed by atoms with van der Waals surface area (Å²) in [5, 5.41) is 0. The van der Waals surface area contributed by atoms with E-state index in [1.165, 1.54) is 13.3 Å². The van der Waals surface area contributed by atoms with Crippen molar-refractivity contribution in [2.75, 3.05) is 6.61 Å². The summed E-state index contributed by atoms with van der Waals surface area (Å²) >= 11 is 0. The molecule has 0 aromatic carbocycles. The van der Waals surface area contributed by atoms with E-state index < -0.39 is 0 Å². The van der Waals surface area contributed by atoms with Crippen LogP contribution in [0.1, 0.15) is 47.0 Å². The van der Waals surface area contributed by atoms with Crippen molar-refractivity contribution in [2.24, 2.45) is 5.92 Å². The van der Waals surface area contributed by atoms with Crippen LogP contribution < -0.4 is 0 Å². The van der Waals surface area contributed by atoms with Crippen molar-refractivity contribution in [1.29, 1.82) is 0 Å². The maximum absolute atomic E-state index is 10.2. The van der Waals surface area contributed by atoms with Gasteiger partial charge in [0, 0.05) is 6.92 Å². The normalized spacial score (nSPS) is 9.81. The van der Waals surface area contributed by atoms with E-state index in [9.17, 15) is 4.79 Å². The Balaban J connectivity index is 0. The molecule has 0 bridgehead atoms. The molecule has 0 radical (unpaired) electrons. The van der Waals surface area contributed by atoms with Crippen molar-refractivity contribution < 1.29 is 9.53 Å². The molecule has 2 heteroatoms. The highest BCUT2D eigenvalue weighted by Crippen LogP contribution is 2.02. The molecule has 0 aliphatic heterocycles. The molecule has 0 aromatic rings. The molecule has 0 aliphatic carbocycles. The minimum Gasteiger partial charge on any atom is -0.462 e. The van der Waals surface area contributed by atoms with Gasteiger partial charge in [-0.05, 0) is 25.2 Å². The van der Waals surface area contributed by atoms with Crippen LogP contribution in [-0.4, -0.2) is 12.6 Å². The lowest BCUT2D eigenvalue weighted by atomic mass is 10.1. The SMILES string of the molecule is C=CCCC(C)C.CC/C=C\COC(C)=O. The van der Waals surface area contributed by atoms with Crippen LogP contribution in [0.5, 0.6) is 0 Å². The maximum Gasteiger partial charge on any atom is 0.302 e. The first-order valence-corrected chi connectivity index (χ1v) is 5.93. The van der Waals surface area contributed by atoms with Gasteiger partial charge in [0.1, 0.15) is 6.61 Å². The summed E-state index contributed by atoms with van der Waals surface area (Å²) in [4.78, 5) is 10.2. The number of hydrogen-bond acceptors (Lipinski definition) is 2. The summed E-state index contributed by atoms with van der Waals surface area (Å²) in [6, 6.07) is 0. The van der Waals surface area contributed by atoms with Crippen molar-refractivity contribution in [3.8, 4) is 0 Å². The van der Waals surface area contributed by atoms with Crippen LogP contribution >= 0.6 is 0 Å². The van der Waals surface area contributed by atoms with Gasteiger partial charge < -0.3 is 4.74 Å². The second kappa shape index (κ2) is 13.9. The van der Waals surface area contributed by atoms with Crippen molar-refractivity contribution >= 4 is 5.97 Å². The summed E-state index contributed by atoms with van der Waals surface area (Å²) in [5.74, 6) is 0.605. The summed E-state index contributed by atoms with van der Waals surface area (Å²) < 4.78 is 4.62. The zero-order chi connectivity index (χ0) is 12.8. The highest BCUT2D eigenvalue weighted by Gasteiger charge is 1.87. The third kappa shape index (κ3) is 23.1. The van der Waals surface area contributed by atoms with Gasteiger partial charge in [0.2, 0.25) is 0 Å². The van der Waals surface area contributed by atoms with E-state index in [1.807, 2.05) is 25.2 Å². The second-order valence-corrected chi connectivity index (χ2v) is 3.94. The molecule has 0 heterocycles. The third-order valence-electron chi connectivity index (χ3n) is 1.73. The zero-order valence-electron chi connectivity index (χ0n) is 11.2. The van der Waals surface area contributed by atoms with E-state index in [0.717, 1.165) is 18.8 Å². The topological polar surface area (TPSA) is 26.3 Å². The fourth-order valence-electron chi connectivity index (χ4n) is 0.851. The second-order valence-electron chi connectivity index (χ2n) is 3.94. The van der Waals surface area contributed by atoms with Crippen LogP contribution in [0.2, 0.25) is 0 Å². The van der Waals surface area contributed by atoms with Gasteiger partial charge in [0.25, 0.3) is 0 Å². The van der Waals surface area contributed by atoms with E-state index in [1.54, 1.807) is 0 Å². The Labute approximate surface area is 100 Å². The molecule has 0 saturated carbocycles. The molecule has 0 aliphatic rings. The van der Waals surface area contributed by atoms with Gasteiger partial charge in [-0.3, -0.25) is 4.79 Å². The number of allylic oxidation sites excluding steroid dienone is 2. The highest BCUT2D eigenvalue weighted by molar-refractivity contribution is 5.65. The molecule has 0 N–H and O–H groups in total. The fraction of sp³-hybridized carbons (Fsp3) is 0.643. The molecule has 16 heavy (non-hydrogen) atoms.